The molecule has 0 aromatic heterocycles. The van der Waals surface area contributed by atoms with Gasteiger partial charge in [-0.2, -0.15) is 0 Å². The van der Waals surface area contributed by atoms with E-state index in [9.17, 15) is 4.79 Å². The summed E-state index contributed by atoms with van der Waals surface area (Å²) in [6.45, 7) is 6.84. The quantitative estimate of drug-likeness (QED) is 0.594. The zero-order chi connectivity index (χ0) is 10.8. The van der Waals surface area contributed by atoms with Gasteiger partial charge in [-0.15, -0.1) is 11.8 Å². The summed E-state index contributed by atoms with van der Waals surface area (Å²) in [5.74, 6) is 2.19. The van der Waals surface area contributed by atoms with E-state index >= 15 is 0 Å². The summed E-state index contributed by atoms with van der Waals surface area (Å²) < 4.78 is 5.61. The van der Waals surface area contributed by atoms with Crippen LogP contribution >= 0.6 is 11.8 Å². The normalized spacial score (nSPS) is 51.4. The maximum Gasteiger partial charge on any atom is 0.316 e. The number of hydrogen-bond donors (Lipinski definition) is 0. The lowest BCUT2D eigenvalue weighted by molar-refractivity contribution is -0.158. The third kappa shape index (κ3) is 1.28. The molecule has 3 aliphatic rings. The van der Waals surface area contributed by atoms with Gasteiger partial charge in [-0.05, 0) is 37.0 Å². The fourth-order valence-corrected chi connectivity index (χ4v) is 4.83. The van der Waals surface area contributed by atoms with Crippen molar-refractivity contribution in [3.05, 3.63) is 0 Å². The molecule has 2 aliphatic carbocycles. The molecule has 84 valence electrons. The second-order valence-electron chi connectivity index (χ2n) is 6.06. The van der Waals surface area contributed by atoms with E-state index in [1.807, 2.05) is 11.8 Å². The van der Waals surface area contributed by atoms with Crippen LogP contribution in [0.25, 0.3) is 0 Å². The van der Waals surface area contributed by atoms with Crippen LogP contribution in [0, 0.1) is 17.3 Å². The molecule has 1 aliphatic heterocycles. The maximum absolute atomic E-state index is 11.4. The third-order valence-corrected chi connectivity index (χ3v) is 6.31. The van der Waals surface area contributed by atoms with Crippen molar-refractivity contribution in [3.63, 3.8) is 0 Å². The molecule has 4 atom stereocenters. The highest BCUT2D eigenvalue weighted by molar-refractivity contribution is 8.00. The molecule has 0 spiro atoms. The zero-order valence-corrected chi connectivity index (χ0v) is 10.4. The predicted octanol–water partition coefficient (Wildman–Crippen LogP) is 2.47. The van der Waals surface area contributed by atoms with Crippen molar-refractivity contribution in [2.75, 3.05) is 5.75 Å². The van der Waals surface area contributed by atoms with Crippen LogP contribution < -0.4 is 0 Å². The average Bonchev–Trinajstić information content (AvgIpc) is 2.63. The highest BCUT2D eigenvalue weighted by atomic mass is 32.2. The van der Waals surface area contributed by atoms with Crippen molar-refractivity contribution in [1.82, 2.24) is 0 Å². The van der Waals surface area contributed by atoms with Crippen LogP contribution in [0.5, 0.6) is 0 Å². The van der Waals surface area contributed by atoms with Crippen LogP contribution in [-0.4, -0.2) is 22.6 Å². The first-order valence-electron chi connectivity index (χ1n) is 5.77. The Balaban J connectivity index is 1.84. The van der Waals surface area contributed by atoms with Crippen LogP contribution in [0.1, 0.15) is 33.6 Å². The first-order chi connectivity index (χ1) is 6.93. The Hall–Kier alpha value is -0.180. The molecule has 0 radical (unpaired) electrons. The molecule has 0 bridgehead atoms. The Bertz CT molecular complexity index is 326. The van der Waals surface area contributed by atoms with E-state index in [0.717, 1.165) is 18.3 Å². The summed E-state index contributed by atoms with van der Waals surface area (Å²) in [6, 6.07) is 0. The lowest BCUT2D eigenvalue weighted by Crippen LogP contribution is -2.49. The fourth-order valence-electron chi connectivity index (χ4n) is 3.59. The monoisotopic (exact) mass is 226 g/mol. The van der Waals surface area contributed by atoms with Gasteiger partial charge >= 0.3 is 5.97 Å². The van der Waals surface area contributed by atoms with E-state index in [1.54, 1.807) is 0 Å². The molecular formula is C12H18O2S. The van der Waals surface area contributed by atoms with Gasteiger partial charge in [0.1, 0.15) is 5.60 Å². The molecule has 1 heterocycles. The largest absolute Gasteiger partial charge is 0.458 e. The van der Waals surface area contributed by atoms with Crippen LogP contribution in [0.4, 0.5) is 0 Å². The van der Waals surface area contributed by atoms with Crippen molar-refractivity contribution < 1.29 is 9.53 Å². The second kappa shape index (κ2) is 2.73. The molecule has 2 nitrogen and oxygen atoms in total. The molecule has 3 heteroatoms. The zero-order valence-electron chi connectivity index (χ0n) is 9.58. The molecule has 0 amide bonds. The van der Waals surface area contributed by atoms with Crippen molar-refractivity contribution in [2.24, 2.45) is 17.3 Å². The van der Waals surface area contributed by atoms with Gasteiger partial charge in [-0.25, -0.2) is 0 Å². The Kier molecular flexibility index (Phi) is 1.82. The topological polar surface area (TPSA) is 26.3 Å². The summed E-state index contributed by atoms with van der Waals surface area (Å²) in [5, 5.41) is 0.540. The summed E-state index contributed by atoms with van der Waals surface area (Å²) in [6.07, 6.45) is 2.32. The van der Waals surface area contributed by atoms with Crippen LogP contribution in [0.15, 0.2) is 0 Å². The Morgan fingerprint density at radius 3 is 2.80 bits per heavy atom. The van der Waals surface area contributed by atoms with Gasteiger partial charge in [-0.3, -0.25) is 4.79 Å². The first kappa shape index (κ1) is 10.0. The predicted molar refractivity (Wildman–Crippen MR) is 60.7 cm³/mol. The van der Waals surface area contributed by atoms with Gasteiger partial charge in [0.15, 0.2) is 0 Å². The van der Waals surface area contributed by atoms with E-state index in [4.69, 9.17) is 4.74 Å². The number of carbonyl (C=O) groups is 1. The molecule has 0 aromatic rings. The van der Waals surface area contributed by atoms with E-state index in [2.05, 4.69) is 20.8 Å². The lowest BCUT2D eigenvalue weighted by Gasteiger charge is -2.43. The highest BCUT2D eigenvalue weighted by Crippen LogP contribution is 2.68. The molecule has 0 N–H and O–H groups in total. The van der Waals surface area contributed by atoms with Crippen LogP contribution in [-0.2, 0) is 9.53 Å². The lowest BCUT2D eigenvalue weighted by atomic mass is 9.85. The van der Waals surface area contributed by atoms with Crippen molar-refractivity contribution >= 4 is 17.7 Å². The van der Waals surface area contributed by atoms with Gasteiger partial charge in [-0.1, -0.05) is 13.8 Å². The van der Waals surface area contributed by atoms with Crippen LogP contribution in [0.3, 0.4) is 0 Å². The minimum Gasteiger partial charge on any atom is -0.458 e. The second-order valence-corrected chi connectivity index (χ2v) is 7.25. The van der Waals surface area contributed by atoms with Gasteiger partial charge in [0.25, 0.3) is 0 Å². The first-order valence-corrected chi connectivity index (χ1v) is 6.82. The summed E-state index contributed by atoms with van der Waals surface area (Å²) in [4.78, 5) is 11.4. The fraction of sp³-hybridized carbons (Fsp3) is 0.917. The molecule has 0 aromatic carbocycles. The highest BCUT2D eigenvalue weighted by Gasteiger charge is 2.65. The standard InChI is InChI=1S/C12H18O2S/c1-11(2)7-4-9-12(3,5-8(7)11)14-10(13)6-15-9/h7-9H,4-6H2,1-3H3/t7-,8+,9-,12-/m1/s1. The van der Waals surface area contributed by atoms with Crippen molar-refractivity contribution in [1.29, 1.82) is 0 Å². The summed E-state index contributed by atoms with van der Waals surface area (Å²) >= 11 is 1.81. The minimum absolute atomic E-state index is 0.0179. The average molecular weight is 226 g/mol. The SMILES string of the molecule is CC1(C)[C@@H]2C[C@H]3SCC(=O)O[C@]3(C)C[C@@H]21. The molecule has 0 unspecified atom stereocenters. The molecule has 2 saturated carbocycles. The third-order valence-electron chi connectivity index (χ3n) is 4.81. The number of fused-ring (bicyclic) bond motifs is 2. The smallest absolute Gasteiger partial charge is 0.316 e. The van der Waals surface area contributed by atoms with E-state index in [1.165, 1.54) is 6.42 Å². The summed E-state index contributed by atoms with van der Waals surface area (Å²) in [7, 11) is 0. The number of carbonyl (C=O) groups excluding carboxylic acids is 1. The molecule has 1 saturated heterocycles. The molecule has 3 fully saturated rings. The van der Waals surface area contributed by atoms with Gasteiger partial charge in [0, 0.05) is 5.25 Å². The Morgan fingerprint density at radius 2 is 2.07 bits per heavy atom. The number of esters is 1. The van der Waals surface area contributed by atoms with Gasteiger partial charge in [0.05, 0.1) is 5.75 Å². The van der Waals surface area contributed by atoms with Crippen LogP contribution in [0.2, 0.25) is 0 Å². The molecule has 3 rings (SSSR count). The molecular weight excluding hydrogens is 208 g/mol. The number of hydrogen-bond acceptors (Lipinski definition) is 3. The van der Waals surface area contributed by atoms with Crippen molar-refractivity contribution in [2.45, 2.75) is 44.5 Å². The van der Waals surface area contributed by atoms with Crippen molar-refractivity contribution in [3.8, 4) is 0 Å². The Morgan fingerprint density at radius 1 is 1.33 bits per heavy atom. The Labute approximate surface area is 95.1 Å². The minimum atomic E-state index is -0.172. The molecule has 15 heavy (non-hydrogen) atoms. The van der Waals surface area contributed by atoms with Gasteiger partial charge in [0.2, 0.25) is 0 Å². The van der Waals surface area contributed by atoms with E-state index in [-0.39, 0.29) is 11.6 Å². The van der Waals surface area contributed by atoms with Gasteiger partial charge < -0.3 is 4.74 Å². The number of ether oxygens (including phenoxy) is 1. The number of rotatable bonds is 0. The van der Waals surface area contributed by atoms with E-state index in [0.29, 0.717) is 16.4 Å². The number of thioether (sulfide) groups is 1. The van der Waals surface area contributed by atoms with E-state index < -0.39 is 0 Å². The summed E-state index contributed by atoms with van der Waals surface area (Å²) in [5.41, 5.74) is 0.322. The maximum atomic E-state index is 11.4.